The van der Waals surface area contributed by atoms with Crippen LogP contribution >= 0.6 is 11.8 Å². The molecular formula is C55H59N3S. The fourth-order valence-electron chi connectivity index (χ4n) is 9.62. The quantitative estimate of drug-likeness (QED) is 0.0795. The van der Waals surface area contributed by atoms with Gasteiger partial charge in [-0.3, -0.25) is 4.99 Å². The molecule has 0 amide bonds. The third-order valence-corrected chi connectivity index (χ3v) is 13.5. The van der Waals surface area contributed by atoms with Crippen molar-refractivity contribution in [1.29, 1.82) is 0 Å². The molecule has 8 rings (SSSR count). The van der Waals surface area contributed by atoms with Gasteiger partial charge in [-0.25, -0.2) is 0 Å². The van der Waals surface area contributed by atoms with Crippen molar-refractivity contribution in [3.63, 3.8) is 0 Å². The summed E-state index contributed by atoms with van der Waals surface area (Å²) in [4.78, 5) is 5.99. The second-order valence-electron chi connectivity index (χ2n) is 16.1. The van der Waals surface area contributed by atoms with Crippen LogP contribution in [-0.4, -0.2) is 15.9 Å². The molecule has 0 fully saturated rings. The molecule has 2 aromatic heterocycles. The Bertz CT molecular complexity index is 2550. The van der Waals surface area contributed by atoms with Crippen LogP contribution in [0.15, 0.2) is 113 Å². The number of hydrogen-bond acceptors (Lipinski definition) is 2. The van der Waals surface area contributed by atoms with E-state index in [4.69, 9.17) is 4.99 Å². The summed E-state index contributed by atoms with van der Waals surface area (Å²) in [6.45, 7) is 15.3. The Morgan fingerprint density at radius 3 is 1.97 bits per heavy atom. The molecule has 4 heteroatoms. The van der Waals surface area contributed by atoms with E-state index in [-0.39, 0.29) is 0 Å². The molecule has 0 unspecified atom stereocenters. The zero-order valence-corrected chi connectivity index (χ0v) is 36.6. The first-order chi connectivity index (χ1) is 29.0. The van der Waals surface area contributed by atoms with Gasteiger partial charge in [0, 0.05) is 50.4 Å². The van der Waals surface area contributed by atoms with Crippen molar-refractivity contribution in [3.05, 3.63) is 159 Å². The number of thioether (sulfide) groups is 1. The third kappa shape index (κ3) is 7.80. The Hall–Kier alpha value is -5.32. The summed E-state index contributed by atoms with van der Waals surface area (Å²) in [7, 11) is 0. The van der Waals surface area contributed by atoms with E-state index in [0.717, 1.165) is 67.5 Å². The number of aromatic nitrogens is 2. The van der Waals surface area contributed by atoms with E-state index in [1.54, 1.807) is 11.1 Å². The normalized spacial score (nSPS) is 13.7. The second-order valence-corrected chi connectivity index (χ2v) is 17.1. The van der Waals surface area contributed by atoms with Crippen LogP contribution in [0.3, 0.4) is 0 Å². The molecule has 4 aromatic carbocycles. The summed E-state index contributed by atoms with van der Waals surface area (Å²) in [5.74, 6) is 0.852. The van der Waals surface area contributed by atoms with Gasteiger partial charge in [-0.05, 0) is 171 Å². The molecule has 2 aliphatic rings. The van der Waals surface area contributed by atoms with Crippen molar-refractivity contribution in [2.24, 2.45) is 4.99 Å². The SMILES string of the molecule is C=Nc1c(-c2ccc(-n3c4c(c(CCC)c3/C=C\C)CCC=C4)cc2)ccc(-c2ccc(-n3c(/C=C\C)c(CCC)c4c3CCCC4)cc2)c1SCc1ccccc1C. The Morgan fingerprint density at radius 2 is 1.31 bits per heavy atom. The second kappa shape index (κ2) is 18.3. The van der Waals surface area contributed by atoms with Crippen LogP contribution in [-0.2, 0) is 37.9 Å². The van der Waals surface area contributed by atoms with Crippen molar-refractivity contribution in [2.45, 2.75) is 109 Å². The summed E-state index contributed by atoms with van der Waals surface area (Å²) in [6, 6.07) is 31.7. The molecule has 0 spiro atoms. The summed E-state index contributed by atoms with van der Waals surface area (Å²) in [5, 5.41) is 0. The molecule has 3 nitrogen and oxygen atoms in total. The van der Waals surface area contributed by atoms with Crippen LogP contribution in [0.4, 0.5) is 5.69 Å². The lowest BCUT2D eigenvalue weighted by molar-refractivity contribution is 0.659. The summed E-state index contributed by atoms with van der Waals surface area (Å²) in [5.41, 5.74) is 22.3. The van der Waals surface area contributed by atoms with Gasteiger partial charge >= 0.3 is 0 Å². The first-order valence-corrected chi connectivity index (χ1v) is 23.0. The molecule has 59 heavy (non-hydrogen) atoms. The summed E-state index contributed by atoms with van der Waals surface area (Å²) >= 11 is 1.87. The molecule has 2 heterocycles. The number of aryl methyl sites for hydroxylation is 1. The highest BCUT2D eigenvalue weighted by Gasteiger charge is 2.25. The van der Waals surface area contributed by atoms with E-state index < -0.39 is 0 Å². The average Bonchev–Trinajstić information content (AvgIpc) is 3.75. The van der Waals surface area contributed by atoms with E-state index in [9.17, 15) is 0 Å². The molecule has 2 aliphatic carbocycles. The zero-order chi connectivity index (χ0) is 40.9. The highest BCUT2D eigenvalue weighted by molar-refractivity contribution is 7.98. The molecule has 0 atom stereocenters. The molecule has 0 N–H and O–H groups in total. The van der Waals surface area contributed by atoms with E-state index in [1.165, 1.54) is 91.7 Å². The topological polar surface area (TPSA) is 22.2 Å². The molecule has 300 valence electrons. The first kappa shape index (κ1) is 40.5. The van der Waals surface area contributed by atoms with Crippen LogP contribution in [0.25, 0.3) is 51.9 Å². The maximum atomic E-state index is 4.83. The average molecular weight is 794 g/mol. The van der Waals surface area contributed by atoms with E-state index in [2.05, 4.69) is 172 Å². The Labute approximate surface area is 357 Å². The molecule has 0 saturated carbocycles. The minimum atomic E-state index is 0.852. The van der Waals surface area contributed by atoms with Crippen LogP contribution in [0, 0.1) is 6.92 Å². The van der Waals surface area contributed by atoms with Crippen molar-refractivity contribution in [3.8, 4) is 33.6 Å². The van der Waals surface area contributed by atoms with Gasteiger partial charge in [-0.15, -0.1) is 11.8 Å². The molecular weight excluding hydrogens is 735 g/mol. The van der Waals surface area contributed by atoms with Crippen molar-refractivity contribution in [2.75, 3.05) is 0 Å². The number of nitrogens with zero attached hydrogens (tertiary/aromatic N) is 3. The van der Waals surface area contributed by atoms with Gasteiger partial charge in [0.25, 0.3) is 0 Å². The van der Waals surface area contributed by atoms with Crippen molar-refractivity contribution in [1.82, 2.24) is 9.13 Å². The van der Waals surface area contributed by atoms with E-state index in [0.29, 0.717) is 0 Å². The predicted molar refractivity (Wildman–Crippen MR) is 257 cm³/mol. The standard InChI is InChI=1S/C55H59N3S/c1-7-17-46-48-23-13-15-25-52(48)57(50(46)19-9-3)42-31-27-39(28-32-42)44-35-36-45(55(54(44)56-6)59-37-41-22-12-11-21-38(41)5)40-29-33-43(34-30-40)58-51(20-10-4)47(18-8-2)49-24-14-16-26-53(49)58/h9-12,15,19-22,25,27-36H,6-8,13-14,16-18,23-24,26,37H2,1-5H3/b19-9-,20-10-. The van der Waals surface area contributed by atoms with Gasteiger partial charge in [-0.1, -0.05) is 106 Å². The predicted octanol–water partition coefficient (Wildman–Crippen LogP) is 15.3. The van der Waals surface area contributed by atoms with Crippen molar-refractivity contribution < 1.29 is 0 Å². The van der Waals surface area contributed by atoms with Gasteiger partial charge in [0.15, 0.2) is 0 Å². The van der Waals surface area contributed by atoms with E-state index in [1.807, 2.05) is 11.8 Å². The zero-order valence-electron chi connectivity index (χ0n) is 35.8. The Kier molecular flexibility index (Phi) is 12.6. The first-order valence-electron chi connectivity index (χ1n) is 22.0. The van der Waals surface area contributed by atoms with Crippen LogP contribution in [0.2, 0.25) is 0 Å². The van der Waals surface area contributed by atoms with Gasteiger partial charge < -0.3 is 9.13 Å². The highest BCUT2D eigenvalue weighted by atomic mass is 32.2. The number of hydrogen-bond donors (Lipinski definition) is 0. The van der Waals surface area contributed by atoms with Crippen LogP contribution in [0.1, 0.15) is 116 Å². The smallest absolute Gasteiger partial charge is 0.0842 e. The monoisotopic (exact) mass is 793 g/mol. The Morgan fingerprint density at radius 1 is 0.695 bits per heavy atom. The largest absolute Gasteiger partial charge is 0.314 e. The van der Waals surface area contributed by atoms with Crippen LogP contribution in [0.5, 0.6) is 0 Å². The van der Waals surface area contributed by atoms with E-state index >= 15 is 0 Å². The fraction of sp³-hybridized carbons (Fsp3) is 0.291. The molecule has 0 aliphatic heterocycles. The fourth-order valence-corrected chi connectivity index (χ4v) is 10.9. The highest BCUT2D eigenvalue weighted by Crippen LogP contribution is 2.46. The number of benzene rings is 4. The number of aliphatic imine (C=N–C) groups is 1. The molecule has 0 radical (unpaired) electrons. The maximum absolute atomic E-state index is 4.83. The number of rotatable bonds is 14. The van der Waals surface area contributed by atoms with Gasteiger partial charge in [0.1, 0.15) is 0 Å². The lowest BCUT2D eigenvalue weighted by atomic mass is 9.92. The van der Waals surface area contributed by atoms with Crippen LogP contribution < -0.4 is 0 Å². The molecule has 0 bridgehead atoms. The molecule has 6 aromatic rings. The lowest BCUT2D eigenvalue weighted by Gasteiger charge is -2.19. The summed E-state index contributed by atoms with van der Waals surface area (Å²) < 4.78 is 5.03. The Balaban J connectivity index is 1.21. The minimum Gasteiger partial charge on any atom is -0.314 e. The number of fused-ring (bicyclic) bond motifs is 2. The third-order valence-electron chi connectivity index (χ3n) is 12.4. The van der Waals surface area contributed by atoms with Gasteiger partial charge in [-0.2, -0.15) is 0 Å². The number of allylic oxidation sites excluding steroid dienone is 3. The van der Waals surface area contributed by atoms with Gasteiger partial charge in [0.2, 0.25) is 0 Å². The van der Waals surface area contributed by atoms with Gasteiger partial charge in [0.05, 0.1) is 5.69 Å². The lowest BCUT2D eigenvalue weighted by Crippen LogP contribution is -2.07. The molecule has 0 saturated heterocycles. The minimum absolute atomic E-state index is 0.852. The van der Waals surface area contributed by atoms with Crippen molar-refractivity contribution >= 4 is 42.4 Å². The maximum Gasteiger partial charge on any atom is 0.0842 e. The summed E-state index contributed by atoms with van der Waals surface area (Å²) in [6.07, 6.45) is 25.3.